The van der Waals surface area contributed by atoms with E-state index in [1.54, 1.807) is 6.08 Å². The Morgan fingerprint density at radius 1 is 1.69 bits per heavy atom. The predicted octanol–water partition coefficient (Wildman–Crippen LogP) is 2.84. The molecule has 0 aromatic heterocycles. The normalized spacial score (nSPS) is 31.6. The van der Waals surface area contributed by atoms with Crippen LogP contribution in [0.5, 0.6) is 0 Å². The summed E-state index contributed by atoms with van der Waals surface area (Å²) in [5, 5.41) is 0. The molecule has 0 amide bonds. The van der Waals surface area contributed by atoms with Crippen molar-refractivity contribution >= 4 is 5.97 Å². The van der Waals surface area contributed by atoms with E-state index in [2.05, 4.69) is 20.4 Å². The monoisotopic (exact) mass is 226 g/mol. The molecule has 0 radical (unpaired) electrons. The topological polar surface area (TPSA) is 38.8 Å². The summed E-state index contributed by atoms with van der Waals surface area (Å²) >= 11 is 0. The highest BCUT2D eigenvalue weighted by atomic mass is 16.6. The quantitative estimate of drug-likeness (QED) is 0.397. The Kier molecular flexibility index (Phi) is 3.79. The zero-order chi connectivity index (χ0) is 12.4. The van der Waals surface area contributed by atoms with Crippen molar-refractivity contribution < 1.29 is 14.3 Å². The molecule has 3 heteroatoms. The van der Waals surface area contributed by atoms with Crippen LogP contribution in [0.1, 0.15) is 47.0 Å². The largest absolute Gasteiger partial charge is 0.455 e. The second-order valence-electron chi connectivity index (χ2n) is 4.92. The van der Waals surface area contributed by atoms with Crippen LogP contribution in [0.15, 0.2) is 12.7 Å². The van der Waals surface area contributed by atoms with Crippen molar-refractivity contribution in [1.82, 2.24) is 0 Å². The minimum Gasteiger partial charge on any atom is -0.455 e. The van der Waals surface area contributed by atoms with Gasteiger partial charge < -0.3 is 9.47 Å². The van der Waals surface area contributed by atoms with Crippen LogP contribution in [0.3, 0.4) is 0 Å². The van der Waals surface area contributed by atoms with Crippen LogP contribution < -0.4 is 0 Å². The molecule has 16 heavy (non-hydrogen) atoms. The van der Waals surface area contributed by atoms with Gasteiger partial charge in [0, 0.05) is 6.92 Å². The molecule has 92 valence electrons. The molecule has 1 aliphatic rings. The summed E-state index contributed by atoms with van der Waals surface area (Å²) < 4.78 is 10.9. The van der Waals surface area contributed by atoms with Gasteiger partial charge in [-0.25, -0.2) is 0 Å². The van der Waals surface area contributed by atoms with E-state index in [4.69, 9.17) is 9.47 Å². The number of esters is 1. The average molecular weight is 226 g/mol. The van der Waals surface area contributed by atoms with E-state index in [0.29, 0.717) is 6.10 Å². The summed E-state index contributed by atoms with van der Waals surface area (Å²) in [6.07, 6.45) is 4.68. The number of epoxide rings is 1. The molecule has 1 fully saturated rings. The van der Waals surface area contributed by atoms with Crippen molar-refractivity contribution in [3.8, 4) is 0 Å². The molecular formula is C13H22O3. The summed E-state index contributed by atoms with van der Waals surface area (Å²) in [6.45, 7) is 11.3. The summed E-state index contributed by atoms with van der Waals surface area (Å²) in [7, 11) is 0. The molecule has 1 aliphatic heterocycles. The molecule has 0 spiro atoms. The minimum absolute atomic E-state index is 0.0400. The molecule has 0 aromatic carbocycles. The van der Waals surface area contributed by atoms with E-state index in [1.807, 2.05) is 6.92 Å². The van der Waals surface area contributed by atoms with Gasteiger partial charge in [0.05, 0.1) is 11.7 Å². The molecule has 0 unspecified atom stereocenters. The summed E-state index contributed by atoms with van der Waals surface area (Å²) in [5.41, 5.74) is -0.523. The standard InChI is InChI=1S/C13H22O3/c1-6-12(4,15-10(3)14)9-8-11-13(5,7-2)16-11/h6,11H,1,7-9H2,2-5H3/t11-,12-,13+/m1/s1. The number of carbonyl (C=O) groups is 1. The van der Waals surface area contributed by atoms with Crippen molar-refractivity contribution in [2.45, 2.75) is 64.3 Å². The van der Waals surface area contributed by atoms with Gasteiger partial charge in [-0.1, -0.05) is 13.5 Å². The van der Waals surface area contributed by atoms with E-state index in [-0.39, 0.29) is 11.6 Å². The Morgan fingerprint density at radius 2 is 2.31 bits per heavy atom. The van der Waals surface area contributed by atoms with Gasteiger partial charge in [-0.05, 0) is 39.2 Å². The maximum Gasteiger partial charge on any atom is 0.303 e. The van der Waals surface area contributed by atoms with Crippen LogP contribution in [-0.2, 0) is 14.3 Å². The molecule has 0 aromatic rings. The van der Waals surface area contributed by atoms with Crippen LogP contribution in [0.4, 0.5) is 0 Å². The SMILES string of the molecule is C=C[C@](C)(CC[C@H]1O[C@@]1(C)CC)OC(C)=O. The van der Waals surface area contributed by atoms with Crippen LogP contribution in [0.2, 0.25) is 0 Å². The lowest BCUT2D eigenvalue weighted by Crippen LogP contribution is -2.29. The number of hydrogen-bond acceptors (Lipinski definition) is 3. The molecule has 0 aliphatic carbocycles. The highest BCUT2D eigenvalue weighted by molar-refractivity contribution is 5.66. The number of rotatable bonds is 6. The second-order valence-corrected chi connectivity index (χ2v) is 4.92. The van der Waals surface area contributed by atoms with Crippen molar-refractivity contribution in [2.24, 2.45) is 0 Å². The van der Waals surface area contributed by atoms with Gasteiger partial charge in [0.25, 0.3) is 0 Å². The smallest absolute Gasteiger partial charge is 0.303 e. The van der Waals surface area contributed by atoms with Crippen molar-refractivity contribution in [1.29, 1.82) is 0 Å². The van der Waals surface area contributed by atoms with E-state index in [9.17, 15) is 4.79 Å². The first kappa shape index (κ1) is 13.2. The lowest BCUT2D eigenvalue weighted by molar-refractivity contribution is -0.151. The molecule has 3 nitrogen and oxygen atoms in total. The summed E-state index contributed by atoms with van der Waals surface area (Å²) in [5.74, 6) is -0.266. The maximum atomic E-state index is 11.0. The third kappa shape index (κ3) is 3.08. The van der Waals surface area contributed by atoms with E-state index < -0.39 is 5.60 Å². The van der Waals surface area contributed by atoms with Gasteiger partial charge in [-0.3, -0.25) is 4.79 Å². The lowest BCUT2D eigenvalue weighted by atomic mass is 9.94. The Balaban J connectivity index is 2.41. The van der Waals surface area contributed by atoms with E-state index in [0.717, 1.165) is 19.3 Å². The molecular weight excluding hydrogens is 204 g/mol. The number of hydrogen-bond donors (Lipinski definition) is 0. The van der Waals surface area contributed by atoms with Crippen molar-refractivity contribution in [3.63, 3.8) is 0 Å². The van der Waals surface area contributed by atoms with Gasteiger partial charge in [-0.2, -0.15) is 0 Å². The van der Waals surface area contributed by atoms with Crippen molar-refractivity contribution in [3.05, 3.63) is 12.7 Å². The van der Waals surface area contributed by atoms with Crippen LogP contribution >= 0.6 is 0 Å². The second kappa shape index (κ2) is 4.58. The van der Waals surface area contributed by atoms with Crippen molar-refractivity contribution in [2.75, 3.05) is 0 Å². The molecule has 1 saturated heterocycles. The molecule has 0 saturated carbocycles. The van der Waals surface area contributed by atoms with Gasteiger partial charge in [0.15, 0.2) is 0 Å². The van der Waals surface area contributed by atoms with Gasteiger partial charge in [0.2, 0.25) is 0 Å². The number of carbonyl (C=O) groups excluding carboxylic acids is 1. The van der Waals surface area contributed by atoms with Crippen LogP contribution in [0, 0.1) is 0 Å². The Labute approximate surface area is 97.8 Å². The van der Waals surface area contributed by atoms with Gasteiger partial charge >= 0.3 is 5.97 Å². The maximum absolute atomic E-state index is 11.0. The third-order valence-electron chi connectivity index (χ3n) is 3.45. The predicted molar refractivity (Wildman–Crippen MR) is 63.2 cm³/mol. The fourth-order valence-electron chi connectivity index (χ4n) is 1.91. The first-order valence-corrected chi connectivity index (χ1v) is 5.86. The van der Waals surface area contributed by atoms with Crippen LogP contribution in [0.25, 0.3) is 0 Å². The lowest BCUT2D eigenvalue weighted by Gasteiger charge is -2.25. The molecule has 1 rings (SSSR count). The Bertz CT molecular complexity index is 287. The van der Waals surface area contributed by atoms with Gasteiger partial charge in [0.1, 0.15) is 5.60 Å². The van der Waals surface area contributed by atoms with E-state index >= 15 is 0 Å². The summed E-state index contributed by atoms with van der Waals surface area (Å²) in [4.78, 5) is 11.0. The molecule has 3 atom stereocenters. The first-order chi connectivity index (χ1) is 7.35. The zero-order valence-electron chi connectivity index (χ0n) is 10.7. The average Bonchev–Trinajstić information content (AvgIpc) is 2.87. The molecule has 1 heterocycles. The minimum atomic E-state index is -0.563. The highest BCUT2D eigenvalue weighted by Gasteiger charge is 2.50. The molecule has 0 N–H and O–H groups in total. The highest BCUT2D eigenvalue weighted by Crippen LogP contribution is 2.42. The third-order valence-corrected chi connectivity index (χ3v) is 3.45. The Hall–Kier alpha value is -0.830. The van der Waals surface area contributed by atoms with Gasteiger partial charge in [-0.15, -0.1) is 0 Å². The zero-order valence-corrected chi connectivity index (χ0v) is 10.7. The van der Waals surface area contributed by atoms with Crippen LogP contribution in [-0.4, -0.2) is 23.3 Å². The Morgan fingerprint density at radius 3 is 2.69 bits per heavy atom. The summed E-state index contributed by atoms with van der Waals surface area (Å²) in [6, 6.07) is 0. The van der Waals surface area contributed by atoms with E-state index in [1.165, 1.54) is 6.92 Å². The molecule has 0 bridgehead atoms. The fraction of sp³-hybridized carbons (Fsp3) is 0.769. The first-order valence-electron chi connectivity index (χ1n) is 5.86. The number of ether oxygens (including phenoxy) is 2. The fourth-order valence-corrected chi connectivity index (χ4v) is 1.91.